The molecule has 1 fully saturated rings. The predicted molar refractivity (Wildman–Crippen MR) is 80.4 cm³/mol. The number of rotatable bonds is 6. The fraction of sp³-hybridized carbons (Fsp3) is 0.647. The number of aliphatic hydroxyl groups is 1. The van der Waals surface area contributed by atoms with Crippen molar-refractivity contribution in [3.05, 3.63) is 35.9 Å². The maximum Gasteiger partial charge on any atom is 0.0771 e. The zero-order chi connectivity index (χ0) is 13.6. The van der Waals surface area contributed by atoms with Gasteiger partial charge in [0.25, 0.3) is 0 Å². The van der Waals surface area contributed by atoms with Crippen LogP contribution in [0.1, 0.15) is 56.9 Å². The van der Waals surface area contributed by atoms with Gasteiger partial charge in [-0.25, -0.2) is 0 Å². The lowest BCUT2D eigenvalue weighted by Crippen LogP contribution is -2.42. The van der Waals surface area contributed by atoms with E-state index in [1.54, 1.807) is 0 Å². The van der Waals surface area contributed by atoms with Gasteiger partial charge in [0.05, 0.1) is 5.60 Å². The van der Waals surface area contributed by atoms with Gasteiger partial charge in [0.1, 0.15) is 0 Å². The molecule has 1 atom stereocenters. The average Bonchev–Trinajstić information content (AvgIpc) is 2.45. The molecule has 2 heteroatoms. The van der Waals surface area contributed by atoms with Gasteiger partial charge in [0.2, 0.25) is 0 Å². The van der Waals surface area contributed by atoms with Crippen molar-refractivity contribution in [2.45, 2.75) is 57.0 Å². The third-order valence-electron chi connectivity index (χ3n) is 4.36. The fourth-order valence-electron chi connectivity index (χ4n) is 2.97. The van der Waals surface area contributed by atoms with E-state index in [-0.39, 0.29) is 0 Å². The lowest BCUT2D eigenvalue weighted by Gasteiger charge is -2.32. The molecule has 2 nitrogen and oxygen atoms in total. The Morgan fingerprint density at radius 1 is 1.16 bits per heavy atom. The van der Waals surface area contributed by atoms with Gasteiger partial charge in [-0.05, 0) is 37.3 Å². The average molecular weight is 261 g/mol. The Labute approximate surface area is 117 Å². The van der Waals surface area contributed by atoms with Gasteiger partial charge in [0, 0.05) is 6.54 Å². The molecule has 0 radical (unpaired) electrons. The van der Waals surface area contributed by atoms with E-state index >= 15 is 0 Å². The molecule has 0 saturated heterocycles. The zero-order valence-electron chi connectivity index (χ0n) is 12.1. The molecule has 0 aromatic heterocycles. The summed E-state index contributed by atoms with van der Waals surface area (Å²) in [6.07, 6.45) is 6.70. The zero-order valence-corrected chi connectivity index (χ0v) is 12.1. The molecule has 1 aliphatic carbocycles. The summed E-state index contributed by atoms with van der Waals surface area (Å²) in [4.78, 5) is 0. The van der Waals surface area contributed by atoms with E-state index < -0.39 is 5.60 Å². The molecule has 1 saturated carbocycles. The molecule has 1 aliphatic rings. The Bertz CT molecular complexity index is 357. The molecular weight excluding hydrogens is 234 g/mol. The number of nitrogens with one attached hydrogen (secondary N) is 1. The van der Waals surface area contributed by atoms with Crippen molar-refractivity contribution < 1.29 is 5.11 Å². The van der Waals surface area contributed by atoms with E-state index in [1.807, 2.05) is 0 Å². The van der Waals surface area contributed by atoms with Crippen LogP contribution in [0, 0.1) is 0 Å². The molecule has 2 N–H and O–H groups in total. The minimum atomic E-state index is -0.436. The third kappa shape index (κ3) is 4.63. The summed E-state index contributed by atoms with van der Waals surface area (Å²) in [5.74, 6) is 0.578. The van der Waals surface area contributed by atoms with Gasteiger partial charge in [-0.3, -0.25) is 0 Å². The van der Waals surface area contributed by atoms with Gasteiger partial charge in [0.15, 0.2) is 0 Å². The van der Waals surface area contributed by atoms with E-state index in [9.17, 15) is 5.11 Å². The monoisotopic (exact) mass is 261 g/mol. The summed E-state index contributed by atoms with van der Waals surface area (Å²) in [7, 11) is 0. The Morgan fingerprint density at radius 3 is 2.53 bits per heavy atom. The minimum absolute atomic E-state index is 0.436. The van der Waals surface area contributed by atoms with Crippen LogP contribution in [0.2, 0.25) is 0 Å². The number of hydrogen-bond donors (Lipinski definition) is 2. The molecule has 1 unspecified atom stereocenters. The van der Waals surface area contributed by atoms with Crippen LogP contribution in [0.5, 0.6) is 0 Å². The van der Waals surface area contributed by atoms with Crippen LogP contribution >= 0.6 is 0 Å². The van der Waals surface area contributed by atoms with Crippen LogP contribution < -0.4 is 5.32 Å². The van der Waals surface area contributed by atoms with E-state index in [0.717, 1.165) is 32.4 Å². The maximum atomic E-state index is 10.4. The Morgan fingerprint density at radius 2 is 1.84 bits per heavy atom. The standard InChI is InChI=1S/C17H27NO/c1-15(16-8-4-2-5-9-16)10-13-18-14-17(19)11-6-3-7-12-17/h2,4-5,8-9,15,18-19H,3,6-7,10-14H2,1H3. The first-order valence-electron chi connectivity index (χ1n) is 7.68. The smallest absolute Gasteiger partial charge is 0.0771 e. The highest BCUT2D eigenvalue weighted by molar-refractivity contribution is 5.18. The van der Waals surface area contributed by atoms with Gasteiger partial charge in [-0.15, -0.1) is 0 Å². The van der Waals surface area contributed by atoms with Gasteiger partial charge >= 0.3 is 0 Å². The first-order valence-corrected chi connectivity index (χ1v) is 7.68. The van der Waals surface area contributed by atoms with Crippen molar-refractivity contribution in [2.75, 3.05) is 13.1 Å². The van der Waals surface area contributed by atoms with Crippen LogP contribution in [0.4, 0.5) is 0 Å². The van der Waals surface area contributed by atoms with Crippen LogP contribution in [0.15, 0.2) is 30.3 Å². The fourth-order valence-corrected chi connectivity index (χ4v) is 2.97. The van der Waals surface area contributed by atoms with Crippen molar-refractivity contribution in [3.8, 4) is 0 Å². The Kier molecular flexibility index (Phi) is 5.41. The lowest BCUT2D eigenvalue weighted by atomic mass is 9.85. The number of hydrogen-bond acceptors (Lipinski definition) is 2. The Balaban J connectivity index is 1.66. The minimum Gasteiger partial charge on any atom is -0.389 e. The molecule has 0 heterocycles. The molecule has 0 amide bonds. The van der Waals surface area contributed by atoms with Crippen molar-refractivity contribution >= 4 is 0 Å². The molecule has 0 spiro atoms. The van der Waals surface area contributed by atoms with Crippen LogP contribution in [0.3, 0.4) is 0 Å². The molecule has 0 bridgehead atoms. The second-order valence-corrected chi connectivity index (χ2v) is 6.06. The topological polar surface area (TPSA) is 32.3 Å². The Hall–Kier alpha value is -0.860. The summed E-state index contributed by atoms with van der Waals surface area (Å²) >= 11 is 0. The molecule has 19 heavy (non-hydrogen) atoms. The molecule has 0 aliphatic heterocycles. The lowest BCUT2D eigenvalue weighted by molar-refractivity contribution is 0.00499. The molecule has 106 valence electrons. The highest BCUT2D eigenvalue weighted by atomic mass is 16.3. The first kappa shape index (κ1) is 14.5. The maximum absolute atomic E-state index is 10.4. The second-order valence-electron chi connectivity index (χ2n) is 6.06. The predicted octanol–water partition coefficient (Wildman–Crippen LogP) is 3.47. The van der Waals surface area contributed by atoms with Crippen molar-refractivity contribution in [2.24, 2.45) is 0 Å². The highest BCUT2D eigenvalue weighted by Gasteiger charge is 2.28. The van der Waals surface area contributed by atoms with Crippen molar-refractivity contribution in [1.82, 2.24) is 5.32 Å². The molecule has 1 aromatic carbocycles. The van der Waals surface area contributed by atoms with Gasteiger partial charge in [-0.1, -0.05) is 56.5 Å². The van der Waals surface area contributed by atoms with Crippen LogP contribution in [0.25, 0.3) is 0 Å². The normalized spacial score (nSPS) is 20.1. The summed E-state index contributed by atoms with van der Waals surface area (Å²) < 4.78 is 0. The van der Waals surface area contributed by atoms with Crippen LogP contribution in [-0.4, -0.2) is 23.8 Å². The van der Waals surface area contributed by atoms with E-state index in [0.29, 0.717) is 5.92 Å². The van der Waals surface area contributed by atoms with Crippen LogP contribution in [-0.2, 0) is 0 Å². The number of benzene rings is 1. The highest BCUT2D eigenvalue weighted by Crippen LogP contribution is 2.27. The SMILES string of the molecule is CC(CCNCC1(O)CCCCC1)c1ccccc1. The largest absolute Gasteiger partial charge is 0.389 e. The van der Waals surface area contributed by atoms with E-state index in [1.165, 1.54) is 24.8 Å². The van der Waals surface area contributed by atoms with E-state index in [2.05, 4.69) is 42.6 Å². The summed E-state index contributed by atoms with van der Waals surface area (Å²) in [5.41, 5.74) is 0.967. The van der Waals surface area contributed by atoms with E-state index in [4.69, 9.17) is 0 Å². The molecule has 1 aromatic rings. The second kappa shape index (κ2) is 7.06. The molecule has 2 rings (SSSR count). The van der Waals surface area contributed by atoms with Gasteiger partial charge < -0.3 is 10.4 Å². The van der Waals surface area contributed by atoms with Crippen molar-refractivity contribution in [3.63, 3.8) is 0 Å². The summed E-state index contributed by atoms with van der Waals surface area (Å²) in [6.45, 7) is 4.01. The quantitative estimate of drug-likeness (QED) is 0.769. The molecular formula is C17H27NO. The first-order chi connectivity index (χ1) is 9.20. The van der Waals surface area contributed by atoms with Crippen molar-refractivity contribution in [1.29, 1.82) is 0 Å². The summed E-state index contributed by atoms with van der Waals surface area (Å²) in [6, 6.07) is 10.7. The summed E-state index contributed by atoms with van der Waals surface area (Å²) in [5, 5.41) is 13.8. The van der Waals surface area contributed by atoms with Gasteiger partial charge in [-0.2, -0.15) is 0 Å². The third-order valence-corrected chi connectivity index (χ3v) is 4.36.